The third kappa shape index (κ3) is 3.58. The molecule has 0 saturated heterocycles. The van der Waals surface area contributed by atoms with Crippen molar-refractivity contribution in [2.24, 2.45) is 0 Å². The van der Waals surface area contributed by atoms with Gasteiger partial charge in [-0.3, -0.25) is 0 Å². The van der Waals surface area contributed by atoms with E-state index in [-0.39, 0.29) is 51.4 Å². The number of rotatable bonds is 0. The molecule has 0 aliphatic heterocycles. The summed E-state index contributed by atoms with van der Waals surface area (Å²) >= 11 is 0. The molecule has 0 saturated carbocycles. The van der Waals surface area contributed by atoms with Gasteiger partial charge in [0.25, 0.3) is 0 Å². The fourth-order valence-corrected chi connectivity index (χ4v) is 0.762. The first-order valence-corrected chi connectivity index (χ1v) is 3.05. The van der Waals surface area contributed by atoms with Crippen molar-refractivity contribution in [3.05, 3.63) is 35.4 Å². The van der Waals surface area contributed by atoms with Crippen LogP contribution < -0.4 is 51.4 Å². The van der Waals surface area contributed by atoms with Crippen LogP contribution in [0.25, 0.3) is 0 Å². The zero-order chi connectivity index (χ0) is 8.48. The maximum Gasteiger partial charge on any atom is 1.00 e. The Kier molecular flexibility index (Phi) is 5.02. The van der Waals surface area contributed by atoms with Crippen LogP contribution in [0.5, 0.6) is 0 Å². The van der Waals surface area contributed by atoms with E-state index in [0.717, 1.165) is 12.1 Å². The molecule has 1 aromatic rings. The van der Waals surface area contributed by atoms with Gasteiger partial charge < -0.3 is 0 Å². The van der Waals surface area contributed by atoms with Crippen LogP contribution in [0, 0.1) is 13.0 Å². The van der Waals surface area contributed by atoms with Crippen LogP contribution in [-0.4, -0.2) is 0 Å². The molecular weight excluding hydrogens is 192 g/mol. The Balaban J connectivity index is 0.00000121. The molecule has 0 unspecified atom stereocenters. The SMILES string of the molecule is Cc1[c-]ccc(C(F)(F)F)c1.[K+]. The van der Waals surface area contributed by atoms with Crippen molar-refractivity contribution in [3.8, 4) is 0 Å². The van der Waals surface area contributed by atoms with Crippen molar-refractivity contribution in [1.29, 1.82) is 0 Å². The van der Waals surface area contributed by atoms with Gasteiger partial charge in [0.15, 0.2) is 0 Å². The summed E-state index contributed by atoms with van der Waals surface area (Å²) in [5.74, 6) is 0. The Hall–Kier alpha value is 0.646. The second-order valence-electron chi connectivity index (χ2n) is 2.26. The number of hydrogen-bond acceptors (Lipinski definition) is 0. The van der Waals surface area contributed by atoms with Gasteiger partial charge in [0.1, 0.15) is 0 Å². The van der Waals surface area contributed by atoms with Crippen LogP contribution in [0.15, 0.2) is 18.2 Å². The van der Waals surface area contributed by atoms with Crippen LogP contribution >= 0.6 is 0 Å². The molecule has 60 valence electrons. The molecular formula is C8H6F3K. The van der Waals surface area contributed by atoms with Crippen LogP contribution in [0.2, 0.25) is 0 Å². The van der Waals surface area contributed by atoms with E-state index < -0.39 is 11.7 Å². The fourth-order valence-electron chi connectivity index (χ4n) is 0.762. The van der Waals surface area contributed by atoms with Gasteiger partial charge in [0, 0.05) is 0 Å². The second-order valence-corrected chi connectivity index (χ2v) is 2.26. The summed E-state index contributed by atoms with van der Waals surface area (Å²) < 4.78 is 35.9. The predicted octanol–water partition coefficient (Wildman–Crippen LogP) is -0.182. The number of benzene rings is 1. The number of hydrogen-bond donors (Lipinski definition) is 0. The van der Waals surface area contributed by atoms with Crippen molar-refractivity contribution in [1.82, 2.24) is 0 Å². The maximum atomic E-state index is 12.0. The van der Waals surface area contributed by atoms with Crippen LogP contribution in [0.4, 0.5) is 13.2 Å². The fraction of sp³-hybridized carbons (Fsp3) is 0.250. The Labute approximate surface area is 112 Å². The van der Waals surface area contributed by atoms with E-state index in [2.05, 4.69) is 6.07 Å². The Morgan fingerprint density at radius 1 is 1.33 bits per heavy atom. The predicted molar refractivity (Wildman–Crippen MR) is 35.0 cm³/mol. The minimum Gasteiger partial charge on any atom is -0.181 e. The summed E-state index contributed by atoms with van der Waals surface area (Å²) in [7, 11) is 0. The summed E-state index contributed by atoms with van der Waals surface area (Å²) in [6.45, 7) is 1.58. The molecule has 0 aromatic heterocycles. The summed E-state index contributed by atoms with van der Waals surface area (Å²) in [5, 5.41) is 0. The van der Waals surface area contributed by atoms with Crippen molar-refractivity contribution >= 4 is 0 Å². The van der Waals surface area contributed by atoms with Gasteiger partial charge in [-0.15, -0.1) is 0 Å². The van der Waals surface area contributed by atoms with Gasteiger partial charge in [-0.1, -0.05) is 12.5 Å². The van der Waals surface area contributed by atoms with E-state index in [9.17, 15) is 13.2 Å². The van der Waals surface area contributed by atoms with Gasteiger partial charge in [0.05, 0.1) is 0 Å². The summed E-state index contributed by atoms with van der Waals surface area (Å²) in [4.78, 5) is 0. The van der Waals surface area contributed by atoms with E-state index >= 15 is 0 Å². The molecule has 0 amide bonds. The van der Waals surface area contributed by atoms with Crippen molar-refractivity contribution in [3.63, 3.8) is 0 Å². The van der Waals surface area contributed by atoms with E-state index in [4.69, 9.17) is 0 Å². The molecule has 0 aliphatic carbocycles. The first kappa shape index (κ1) is 12.6. The van der Waals surface area contributed by atoms with Crippen molar-refractivity contribution in [2.75, 3.05) is 0 Å². The number of halogens is 3. The standard InChI is InChI=1S/C8H6F3.K/c1-6-3-2-4-7(5-6)8(9,10)11;/h2,4-5H,1H3;/q-1;+1. The molecule has 0 aliphatic rings. The zero-order valence-electron chi connectivity index (χ0n) is 6.87. The molecule has 0 heterocycles. The van der Waals surface area contributed by atoms with Gasteiger partial charge in [0.2, 0.25) is 0 Å². The average Bonchev–Trinajstić information content (AvgIpc) is 1.86. The van der Waals surface area contributed by atoms with E-state index in [1.807, 2.05) is 0 Å². The van der Waals surface area contributed by atoms with E-state index in [1.165, 1.54) is 6.07 Å². The summed E-state index contributed by atoms with van der Waals surface area (Å²) in [5.41, 5.74) is -0.117. The Morgan fingerprint density at radius 3 is 2.25 bits per heavy atom. The third-order valence-corrected chi connectivity index (χ3v) is 1.27. The summed E-state index contributed by atoms with van der Waals surface area (Å²) in [6.07, 6.45) is -4.24. The molecule has 4 heteroatoms. The molecule has 0 N–H and O–H groups in total. The molecule has 0 nitrogen and oxygen atoms in total. The first-order valence-electron chi connectivity index (χ1n) is 3.05. The monoisotopic (exact) mass is 198 g/mol. The van der Waals surface area contributed by atoms with Crippen molar-refractivity contribution in [2.45, 2.75) is 13.1 Å². The van der Waals surface area contributed by atoms with Gasteiger partial charge in [-0.05, 0) is 0 Å². The van der Waals surface area contributed by atoms with E-state index in [1.54, 1.807) is 6.92 Å². The number of aryl methyl sites for hydroxylation is 1. The van der Waals surface area contributed by atoms with Gasteiger partial charge in [-0.25, -0.2) is 0 Å². The number of alkyl halides is 3. The zero-order valence-corrected chi connectivity index (χ0v) is 9.99. The Bertz CT molecular complexity index is 255. The first-order chi connectivity index (χ1) is 5.00. The minimum absolute atomic E-state index is 0. The Morgan fingerprint density at radius 2 is 1.92 bits per heavy atom. The molecule has 0 radical (unpaired) electrons. The maximum absolute atomic E-state index is 12.0. The molecule has 1 rings (SSSR count). The van der Waals surface area contributed by atoms with E-state index in [0.29, 0.717) is 5.56 Å². The smallest absolute Gasteiger partial charge is 0.181 e. The normalized spacial score (nSPS) is 10.7. The van der Waals surface area contributed by atoms with Crippen LogP contribution in [0.1, 0.15) is 11.1 Å². The van der Waals surface area contributed by atoms with Crippen LogP contribution in [0.3, 0.4) is 0 Å². The quantitative estimate of drug-likeness (QED) is 0.401. The third-order valence-electron chi connectivity index (χ3n) is 1.27. The van der Waals surface area contributed by atoms with Crippen molar-refractivity contribution < 1.29 is 64.6 Å². The molecule has 1 aromatic carbocycles. The van der Waals surface area contributed by atoms with Gasteiger partial charge >= 0.3 is 57.6 Å². The second kappa shape index (κ2) is 4.76. The molecule has 0 atom stereocenters. The van der Waals surface area contributed by atoms with Gasteiger partial charge in [-0.2, -0.15) is 43.0 Å². The molecule has 0 fully saturated rings. The molecule has 12 heavy (non-hydrogen) atoms. The average molecular weight is 198 g/mol. The topological polar surface area (TPSA) is 0 Å². The molecule has 0 bridgehead atoms. The minimum atomic E-state index is -4.24. The largest absolute Gasteiger partial charge is 1.00 e. The summed E-state index contributed by atoms with van der Waals surface area (Å²) in [6, 6.07) is 6.00. The van der Waals surface area contributed by atoms with Crippen LogP contribution in [-0.2, 0) is 6.18 Å². The molecule has 0 spiro atoms.